The van der Waals surface area contributed by atoms with Gasteiger partial charge < -0.3 is 4.79 Å². The topological polar surface area (TPSA) is 17.1 Å². The first-order valence-corrected chi connectivity index (χ1v) is 3.20. The van der Waals surface area contributed by atoms with Gasteiger partial charge in [-0.2, -0.15) is 0 Å². The highest BCUT2D eigenvalue weighted by atomic mass is 16.1. The lowest BCUT2D eigenvalue weighted by Crippen LogP contribution is -1.69. The van der Waals surface area contributed by atoms with Crippen LogP contribution >= 0.6 is 0 Å². The van der Waals surface area contributed by atoms with Crippen molar-refractivity contribution in [1.82, 2.24) is 0 Å². The van der Waals surface area contributed by atoms with Crippen LogP contribution in [0.15, 0.2) is 36.4 Å². The Morgan fingerprint density at radius 3 is 1.00 bits per heavy atom. The molecule has 0 radical (unpaired) electrons. The summed E-state index contributed by atoms with van der Waals surface area (Å²) in [6, 6.07) is 12.0. The third-order valence-corrected chi connectivity index (χ3v) is 0.667. The van der Waals surface area contributed by atoms with Crippen molar-refractivity contribution in [2.24, 2.45) is 0 Å². The molecule has 0 saturated carbocycles. The van der Waals surface area contributed by atoms with E-state index in [1.54, 1.807) is 0 Å². The summed E-state index contributed by atoms with van der Waals surface area (Å²) in [5.41, 5.74) is 0. The average Bonchev–Trinajstić information content (AvgIpc) is 1.90. The van der Waals surface area contributed by atoms with E-state index in [-0.39, 0.29) is 13.2 Å². The fraction of sp³-hybridized carbons (Fsp3) is 0.300. The van der Waals surface area contributed by atoms with Crippen LogP contribution in [-0.4, -0.2) is 5.78 Å². The summed E-state index contributed by atoms with van der Waals surface area (Å²) in [4.78, 5) is 9.44. The van der Waals surface area contributed by atoms with Gasteiger partial charge in [-0.1, -0.05) is 43.8 Å². The van der Waals surface area contributed by atoms with Crippen molar-refractivity contribution in [2.75, 3.05) is 0 Å². The quantitative estimate of drug-likeness (QED) is 0.558. The highest BCUT2D eigenvalue weighted by Gasteiger charge is 1.62. The number of Topliss-reactive ketones (excluding diaryl/α,β-unsaturated/α-hetero) is 1. The molecule has 1 heteroatoms. The molecular formula is C10H16O. The molecule has 0 unspecified atom stereocenters. The van der Waals surface area contributed by atoms with Gasteiger partial charge >= 0.3 is 0 Å². The van der Waals surface area contributed by atoms with Crippen molar-refractivity contribution < 1.29 is 4.79 Å². The van der Waals surface area contributed by atoms with Gasteiger partial charge in [-0.05, 0) is 13.8 Å². The van der Waals surface area contributed by atoms with Crippen LogP contribution in [0.3, 0.4) is 0 Å². The Labute approximate surface area is 69.1 Å². The van der Waals surface area contributed by atoms with E-state index in [1.165, 1.54) is 13.8 Å². The molecular weight excluding hydrogens is 136 g/mol. The Bertz CT molecular complexity index is 137. The zero-order valence-corrected chi connectivity index (χ0v) is 6.37. The molecule has 0 heterocycles. The van der Waals surface area contributed by atoms with E-state index in [1.807, 2.05) is 36.4 Å². The average molecular weight is 152 g/mol. The van der Waals surface area contributed by atoms with E-state index in [4.69, 9.17) is 0 Å². The van der Waals surface area contributed by atoms with Crippen molar-refractivity contribution >= 4 is 5.78 Å². The van der Waals surface area contributed by atoms with Gasteiger partial charge in [0, 0.05) is 0 Å². The number of hydrogen-bond acceptors (Lipinski definition) is 1. The minimum Gasteiger partial charge on any atom is -0.300 e. The van der Waals surface area contributed by atoms with Crippen molar-refractivity contribution in [3.63, 3.8) is 0 Å². The molecule has 1 aromatic rings. The second-order valence-corrected chi connectivity index (χ2v) is 2.06. The van der Waals surface area contributed by atoms with Gasteiger partial charge in [0.15, 0.2) is 0 Å². The molecule has 11 heavy (non-hydrogen) atoms. The number of ketones is 1. The molecule has 0 aliphatic heterocycles. The lowest BCUT2D eigenvalue weighted by Gasteiger charge is -1.69. The number of rotatable bonds is 0. The minimum absolute atomic E-state index is 0. The van der Waals surface area contributed by atoms with Crippen LogP contribution in [0.1, 0.15) is 21.3 Å². The second kappa shape index (κ2) is 8.89. The van der Waals surface area contributed by atoms with Gasteiger partial charge in [0.05, 0.1) is 0 Å². The maximum absolute atomic E-state index is 9.44. The van der Waals surface area contributed by atoms with Gasteiger partial charge in [0.1, 0.15) is 5.78 Å². The summed E-state index contributed by atoms with van der Waals surface area (Å²) in [6.07, 6.45) is 0. The molecule has 0 fully saturated rings. The van der Waals surface area contributed by atoms with E-state index in [9.17, 15) is 4.79 Å². The Kier molecular flexibility index (Phi) is 10.1. The Hall–Kier alpha value is -1.11. The van der Waals surface area contributed by atoms with Crippen LogP contribution in [0, 0.1) is 0 Å². The van der Waals surface area contributed by atoms with E-state index >= 15 is 0 Å². The largest absolute Gasteiger partial charge is 0.300 e. The summed E-state index contributed by atoms with van der Waals surface area (Å²) < 4.78 is 0. The SMILES string of the molecule is C.CC(C)=O.c1ccccc1. The fourth-order valence-electron chi connectivity index (χ4n) is 0.385. The summed E-state index contributed by atoms with van der Waals surface area (Å²) in [7, 11) is 0. The zero-order chi connectivity index (χ0) is 7.82. The van der Waals surface area contributed by atoms with E-state index in [0.717, 1.165) is 0 Å². The normalized spacial score (nSPS) is 6.73. The van der Waals surface area contributed by atoms with Crippen LogP contribution in [0.2, 0.25) is 0 Å². The standard InChI is InChI=1S/C6H6.C3H6O.CH4/c1-2-4-6-5-3-1;1-3(2)4;/h1-6H;1-2H3;1H4. The first kappa shape index (κ1) is 12.6. The Balaban J connectivity index is 0. The molecule has 0 saturated heterocycles. The van der Waals surface area contributed by atoms with E-state index < -0.39 is 0 Å². The van der Waals surface area contributed by atoms with E-state index in [0.29, 0.717) is 0 Å². The molecule has 0 atom stereocenters. The lowest BCUT2D eigenvalue weighted by atomic mass is 10.4. The van der Waals surface area contributed by atoms with Crippen LogP contribution in [0.4, 0.5) is 0 Å². The molecule has 0 bridgehead atoms. The van der Waals surface area contributed by atoms with Crippen LogP contribution in [-0.2, 0) is 4.79 Å². The minimum atomic E-state index is 0. The van der Waals surface area contributed by atoms with Crippen LogP contribution < -0.4 is 0 Å². The van der Waals surface area contributed by atoms with Gasteiger partial charge in [-0.3, -0.25) is 0 Å². The molecule has 1 nitrogen and oxygen atoms in total. The van der Waals surface area contributed by atoms with Crippen LogP contribution in [0.5, 0.6) is 0 Å². The van der Waals surface area contributed by atoms with E-state index in [2.05, 4.69) is 0 Å². The first-order valence-electron chi connectivity index (χ1n) is 3.20. The number of carbonyl (C=O) groups excluding carboxylic acids is 1. The van der Waals surface area contributed by atoms with Gasteiger partial charge in [-0.25, -0.2) is 0 Å². The molecule has 0 spiro atoms. The molecule has 0 N–H and O–H groups in total. The van der Waals surface area contributed by atoms with Crippen LogP contribution in [0.25, 0.3) is 0 Å². The third-order valence-electron chi connectivity index (χ3n) is 0.667. The molecule has 62 valence electrons. The van der Waals surface area contributed by atoms with Crippen molar-refractivity contribution in [2.45, 2.75) is 21.3 Å². The second-order valence-electron chi connectivity index (χ2n) is 2.06. The molecule has 1 aromatic carbocycles. The number of benzene rings is 1. The molecule has 1 rings (SSSR count). The first-order chi connectivity index (χ1) is 4.73. The summed E-state index contributed by atoms with van der Waals surface area (Å²) in [6.45, 7) is 3.06. The number of carbonyl (C=O) groups is 1. The predicted molar refractivity (Wildman–Crippen MR) is 49.5 cm³/mol. The highest BCUT2D eigenvalue weighted by Crippen LogP contribution is 1.79. The smallest absolute Gasteiger partial charge is 0.126 e. The van der Waals surface area contributed by atoms with Crippen molar-refractivity contribution in [3.05, 3.63) is 36.4 Å². The molecule has 0 aliphatic carbocycles. The molecule has 0 aromatic heterocycles. The monoisotopic (exact) mass is 152 g/mol. The summed E-state index contributed by atoms with van der Waals surface area (Å²) in [5.74, 6) is 0.167. The Morgan fingerprint density at radius 2 is 0.909 bits per heavy atom. The van der Waals surface area contributed by atoms with Crippen molar-refractivity contribution in [1.29, 1.82) is 0 Å². The maximum atomic E-state index is 9.44. The molecule has 0 aliphatic rings. The zero-order valence-electron chi connectivity index (χ0n) is 6.37. The van der Waals surface area contributed by atoms with Gasteiger partial charge in [0.25, 0.3) is 0 Å². The number of hydrogen-bond donors (Lipinski definition) is 0. The van der Waals surface area contributed by atoms with Gasteiger partial charge in [0.2, 0.25) is 0 Å². The molecule has 0 amide bonds. The van der Waals surface area contributed by atoms with Crippen molar-refractivity contribution in [3.8, 4) is 0 Å². The highest BCUT2D eigenvalue weighted by molar-refractivity contribution is 5.72. The predicted octanol–water partition coefficient (Wildman–Crippen LogP) is 2.92. The summed E-state index contributed by atoms with van der Waals surface area (Å²) >= 11 is 0. The maximum Gasteiger partial charge on any atom is 0.126 e. The lowest BCUT2D eigenvalue weighted by molar-refractivity contribution is -0.114. The Morgan fingerprint density at radius 1 is 0.818 bits per heavy atom. The summed E-state index contributed by atoms with van der Waals surface area (Å²) in [5, 5.41) is 0. The third kappa shape index (κ3) is 17.6. The fourth-order valence-corrected chi connectivity index (χ4v) is 0.385. The van der Waals surface area contributed by atoms with Gasteiger partial charge in [-0.15, -0.1) is 0 Å².